The monoisotopic (exact) mass is 359 g/mol. The molecule has 1 aromatic carbocycles. The number of carbonyl (C=O) groups excluding carboxylic acids is 1. The highest BCUT2D eigenvalue weighted by Gasteiger charge is 2.12. The summed E-state index contributed by atoms with van der Waals surface area (Å²) < 4.78 is 5.72. The summed E-state index contributed by atoms with van der Waals surface area (Å²) in [5.74, 6) is 0.980. The van der Waals surface area contributed by atoms with Crippen LogP contribution in [0.2, 0.25) is 0 Å². The summed E-state index contributed by atoms with van der Waals surface area (Å²) in [7, 11) is 0. The van der Waals surface area contributed by atoms with E-state index in [1.807, 2.05) is 12.1 Å². The molecular formula is C23H37NO2. The Balaban J connectivity index is 1.67. The van der Waals surface area contributed by atoms with Crippen LogP contribution in [0.3, 0.4) is 0 Å². The smallest absolute Gasteiger partial charge is 0.223 e. The number of benzene rings is 1. The van der Waals surface area contributed by atoms with Crippen LogP contribution in [0.1, 0.15) is 89.5 Å². The Labute approximate surface area is 159 Å². The fraction of sp³-hybridized carbons (Fsp3) is 0.696. The first-order valence-corrected chi connectivity index (χ1v) is 10.8. The first-order valence-electron chi connectivity index (χ1n) is 10.8. The van der Waals surface area contributed by atoms with Crippen molar-refractivity contribution >= 4 is 5.91 Å². The molecule has 0 radical (unpaired) electrons. The molecule has 0 spiro atoms. The number of ether oxygens (including phenoxy) is 1. The molecule has 1 aliphatic carbocycles. The van der Waals surface area contributed by atoms with Gasteiger partial charge in [0.2, 0.25) is 5.91 Å². The van der Waals surface area contributed by atoms with E-state index in [-0.39, 0.29) is 5.91 Å². The van der Waals surface area contributed by atoms with Crippen molar-refractivity contribution in [1.82, 2.24) is 5.32 Å². The molecule has 26 heavy (non-hydrogen) atoms. The molecule has 146 valence electrons. The minimum Gasteiger partial charge on any atom is -0.493 e. The molecule has 0 bridgehead atoms. The molecule has 0 heterocycles. The zero-order valence-corrected chi connectivity index (χ0v) is 16.6. The van der Waals surface area contributed by atoms with Crippen LogP contribution >= 0.6 is 0 Å². The van der Waals surface area contributed by atoms with Gasteiger partial charge in [-0.2, -0.15) is 0 Å². The molecule has 1 aliphatic rings. The molecule has 1 fully saturated rings. The van der Waals surface area contributed by atoms with E-state index in [1.165, 1.54) is 63.4 Å². The third-order valence-corrected chi connectivity index (χ3v) is 5.40. The Morgan fingerprint density at radius 2 is 1.46 bits per heavy atom. The Morgan fingerprint density at radius 1 is 0.923 bits per heavy atom. The van der Waals surface area contributed by atoms with E-state index < -0.39 is 0 Å². The number of hydrogen-bond acceptors (Lipinski definition) is 2. The first-order chi connectivity index (χ1) is 12.8. The number of carbonyl (C=O) groups is 1. The van der Waals surface area contributed by atoms with Gasteiger partial charge in [0.1, 0.15) is 5.75 Å². The van der Waals surface area contributed by atoms with Crippen LogP contribution in [0.4, 0.5) is 0 Å². The minimum atomic E-state index is 0.132. The van der Waals surface area contributed by atoms with Crippen molar-refractivity contribution in [3.8, 4) is 5.75 Å². The minimum absolute atomic E-state index is 0.132. The molecule has 1 saturated carbocycles. The molecule has 0 atom stereocenters. The molecule has 0 aliphatic heterocycles. The number of nitrogens with one attached hydrogen (secondary N) is 1. The Kier molecular flexibility index (Phi) is 10.2. The van der Waals surface area contributed by atoms with Crippen molar-refractivity contribution in [2.45, 2.75) is 96.4 Å². The maximum atomic E-state index is 12.3. The van der Waals surface area contributed by atoms with E-state index in [0.717, 1.165) is 25.0 Å². The zero-order chi connectivity index (χ0) is 18.5. The lowest BCUT2D eigenvalue weighted by atomic mass is 9.98. The molecule has 3 nitrogen and oxygen atoms in total. The number of hydrogen-bond donors (Lipinski definition) is 1. The van der Waals surface area contributed by atoms with Gasteiger partial charge in [0, 0.05) is 6.04 Å². The van der Waals surface area contributed by atoms with Gasteiger partial charge >= 0.3 is 0 Å². The third kappa shape index (κ3) is 8.73. The molecule has 0 saturated heterocycles. The molecule has 0 aromatic heterocycles. The van der Waals surface area contributed by atoms with Crippen molar-refractivity contribution in [1.29, 1.82) is 0 Å². The molecule has 3 heteroatoms. The lowest BCUT2D eigenvalue weighted by Crippen LogP contribution is -2.35. The van der Waals surface area contributed by atoms with Crippen LogP contribution in [-0.2, 0) is 11.2 Å². The second-order valence-electron chi connectivity index (χ2n) is 7.62. The largest absolute Gasteiger partial charge is 0.493 e. The van der Waals surface area contributed by atoms with Gasteiger partial charge in [-0.3, -0.25) is 4.79 Å². The van der Waals surface area contributed by atoms with E-state index >= 15 is 0 Å². The van der Waals surface area contributed by atoms with Crippen LogP contribution in [0.5, 0.6) is 5.75 Å². The first kappa shape index (κ1) is 20.8. The topological polar surface area (TPSA) is 38.3 Å². The van der Waals surface area contributed by atoms with Gasteiger partial charge in [-0.15, -0.1) is 0 Å². The van der Waals surface area contributed by atoms with Gasteiger partial charge in [-0.1, -0.05) is 76.8 Å². The second-order valence-corrected chi connectivity index (χ2v) is 7.62. The predicted octanol–water partition coefficient (Wildman–Crippen LogP) is 5.81. The summed E-state index contributed by atoms with van der Waals surface area (Å²) in [5, 5.41) is 3.26. The maximum absolute atomic E-state index is 12.3. The molecular weight excluding hydrogens is 322 g/mol. The highest BCUT2D eigenvalue weighted by molar-refractivity contribution is 5.76. The Morgan fingerprint density at radius 3 is 2.00 bits per heavy atom. The summed E-state index contributed by atoms with van der Waals surface area (Å²) in [6.07, 6.45) is 15.7. The van der Waals surface area contributed by atoms with Crippen LogP contribution < -0.4 is 10.1 Å². The van der Waals surface area contributed by atoms with E-state index in [9.17, 15) is 4.79 Å². The summed E-state index contributed by atoms with van der Waals surface area (Å²) in [6.45, 7) is 2.59. The van der Waals surface area contributed by atoms with Crippen molar-refractivity contribution < 1.29 is 9.53 Å². The van der Waals surface area contributed by atoms with Crippen molar-refractivity contribution in [3.05, 3.63) is 29.8 Å². The SMILES string of the molecule is CCc1ccc(OCCC(=O)NC2CCCCCCCCCCC2)cc1. The van der Waals surface area contributed by atoms with Crippen LogP contribution in [0.25, 0.3) is 0 Å². The van der Waals surface area contributed by atoms with E-state index in [1.54, 1.807) is 0 Å². The van der Waals surface area contributed by atoms with Crippen LogP contribution in [0, 0.1) is 0 Å². The van der Waals surface area contributed by atoms with E-state index in [4.69, 9.17) is 4.74 Å². The number of aryl methyl sites for hydroxylation is 1. The number of rotatable bonds is 6. The zero-order valence-electron chi connectivity index (χ0n) is 16.6. The van der Waals surface area contributed by atoms with E-state index in [2.05, 4.69) is 24.4 Å². The average Bonchev–Trinajstić information content (AvgIpc) is 2.64. The van der Waals surface area contributed by atoms with Gasteiger partial charge in [-0.05, 0) is 37.0 Å². The van der Waals surface area contributed by atoms with Crippen molar-refractivity contribution in [2.75, 3.05) is 6.61 Å². The fourth-order valence-electron chi connectivity index (χ4n) is 3.69. The quantitative estimate of drug-likeness (QED) is 0.696. The normalized spacial score (nSPS) is 17.7. The fourth-order valence-corrected chi connectivity index (χ4v) is 3.69. The molecule has 1 aromatic rings. The summed E-state index contributed by atoms with van der Waals surface area (Å²) >= 11 is 0. The highest BCUT2D eigenvalue weighted by Crippen LogP contribution is 2.17. The Bertz CT molecular complexity index is 485. The lowest BCUT2D eigenvalue weighted by molar-refractivity contribution is -0.122. The van der Waals surface area contributed by atoms with Gasteiger partial charge in [-0.25, -0.2) is 0 Å². The van der Waals surface area contributed by atoms with E-state index in [0.29, 0.717) is 19.1 Å². The van der Waals surface area contributed by atoms with Gasteiger partial charge in [0.25, 0.3) is 0 Å². The van der Waals surface area contributed by atoms with Crippen LogP contribution in [-0.4, -0.2) is 18.6 Å². The lowest BCUT2D eigenvalue weighted by Gasteiger charge is -2.19. The Hall–Kier alpha value is -1.51. The molecule has 2 rings (SSSR count). The van der Waals surface area contributed by atoms with Gasteiger partial charge in [0.15, 0.2) is 0 Å². The highest BCUT2D eigenvalue weighted by atomic mass is 16.5. The second kappa shape index (κ2) is 12.8. The third-order valence-electron chi connectivity index (χ3n) is 5.40. The molecule has 0 unspecified atom stereocenters. The molecule has 1 N–H and O–H groups in total. The van der Waals surface area contributed by atoms with Gasteiger partial charge < -0.3 is 10.1 Å². The maximum Gasteiger partial charge on any atom is 0.223 e. The summed E-state index contributed by atoms with van der Waals surface area (Å²) in [4.78, 5) is 12.3. The van der Waals surface area contributed by atoms with Crippen LogP contribution in [0.15, 0.2) is 24.3 Å². The predicted molar refractivity (Wildman–Crippen MR) is 109 cm³/mol. The molecule has 1 amide bonds. The summed E-state index contributed by atoms with van der Waals surface area (Å²) in [5.41, 5.74) is 1.30. The van der Waals surface area contributed by atoms with Crippen molar-refractivity contribution in [2.24, 2.45) is 0 Å². The van der Waals surface area contributed by atoms with Gasteiger partial charge in [0.05, 0.1) is 13.0 Å². The standard InChI is InChI=1S/C23H37NO2/c1-2-20-14-16-22(17-15-20)26-19-18-23(25)24-21-12-10-8-6-4-3-5-7-9-11-13-21/h14-17,21H,2-13,18-19H2,1H3,(H,24,25). The average molecular weight is 360 g/mol. The summed E-state index contributed by atoms with van der Waals surface area (Å²) in [6, 6.07) is 8.50. The number of amides is 1. The van der Waals surface area contributed by atoms with Crippen molar-refractivity contribution in [3.63, 3.8) is 0 Å².